The Morgan fingerprint density at radius 1 is 1.42 bits per heavy atom. The number of aryl methyl sites for hydroxylation is 1. The molecule has 0 saturated carbocycles. The minimum Gasteiger partial charge on any atom is -0.327 e. The lowest BCUT2D eigenvalue weighted by Crippen LogP contribution is -2.28. The van der Waals surface area contributed by atoms with Gasteiger partial charge in [0.05, 0.1) is 0 Å². The predicted molar refractivity (Wildman–Crippen MR) is 54.1 cm³/mol. The summed E-state index contributed by atoms with van der Waals surface area (Å²) in [5, 5.41) is 0. The summed E-state index contributed by atoms with van der Waals surface area (Å²) >= 11 is 3.55. The van der Waals surface area contributed by atoms with E-state index in [9.17, 15) is 0 Å². The molecule has 1 nitrogen and oxygen atoms in total. The second kappa shape index (κ2) is 3.19. The first kappa shape index (κ1) is 8.27. The van der Waals surface area contributed by atoms with E-state index < -0.39 is 0 Å². The van der Waals surface area contributed by atoms with Crippen molar-refractivity contribution < 1.29 is 0 Å². The van der Waals surface area contributed by atoms with Gasteiger partial charge in [0.1, 0.15) is 0 Å². The highest BCUT2D eigenvalue weighted by molar-refractivity contribution is 9.10. The Balaban J connectivity index is 2.43. The highest BCUT2D eigenvalue weighted by atomic mass is 79.9. The largest absolute Gasteiger partial charge is 0.327 e. The number of nitrogens with two attached hydrogens (primary N) is 1. The average Bonchev–Trinajstić information content (AvgIpc) is 2.07. The van der Waals surface area contributed by atoms with E-state index in [-0.39, 0.29) is 0 Å². The normalized spacial score (nSPS) is 22.0. The van der Waals surface area contributed by atoms with Crippen LogP contribution in [0.15, 0.2) is 22.7 Å². The third kappa shape index (κ3) is 1.41. The number of hydrogen-bond acceptors (Lipinski definition) is 1. The van der Waals surface area contributed by atoms with Crippen molar-refractivity contribution in [3.05, 3.63) is 33.8 Å². The molecule has 0 bridgehead atoms. The molecule has 0 fully saturated rings. The van der Waals surface area contributed by atoms with Crippen molar-refractivity contribution in [2.24, 2.45) is 5.73 Å². The molecule has 0 heterocycles. The van der Waals surface area contributed by atoms with Crippen molar-refractivity contribution in [2.45, 2.75) is 25.3 Å². The van der Waals surface area contributed by atoms with E-state index in [0.717, 1.165) is 19.3 Å². The van der Waals surface area contributed by atoms with Crippen molar-refractivity contribution in [1.82, 2.24) is 0 Å². The number of halogens is 1. The summed E-state index contributed by atoms with van der Waals surface area (Å²) in [7, 11) is 0. The lowest BCUT2D eigenvalue weighted by Gasteiger charge is -2.22. The van der Waals surface area contributed by atoms with Crippen molar-refractivity contribution >= 4 is 15.9 Å². The molecular formula is C10H12BrN. The van der Waals surface area contributed by atoms with Crippen LogP contribution in [0, 0.1) is 0 Å². The van der Waals surface area contributed by atoms with E-state index in [1.54, 1.807) is 0 Å². The summed E-state index contributed by atoms with van der Waals surface area (Å²) in [5.74, 6) is 0. The zero-order valence-corrected chi connectivity index (χ0v) is 8.47. The molecule has 1 aliphatic carbocycles. The van der Waals surface area contributed by atoms with Gasteiger partial charge in [0.15, 0.2) is 0 Å². The first-order chi connectivity index (χ1) is 5.77. The molecule has 0 amide bonds. The van der Waals surface area contributed by atoms with Crippen molar-refractivity contribution in [3.63, 3.8) is 0 Å². The van der Waals surface area contributed by atoms with Gasteiger partial charge in [0.25, 0.3) is 0 Å². The van der Waals surface area contributed by atoms with Gasteiger partial charge in [-0.2, -0.15) is 0 Å². The van der Waals surface area contributed by atoms with Crippen LogP contribution in [-0.4, -0.2) is 6.04 Å². The van der Waals surface area contributed by atoms with Crippen LogP contribution in [0.5, 0.6) is 0 Å². The van der Waals surface area contributed by atoms with E-state index in [0.29, 0.717) is 6.04 Å². The molecule has 2 heteroatoms. The molecule has 1 aromatic rings. The van der Waals surface area contributed by atoms with E-state index in [4.69, 9.17) is 5.73 Å². The van der Waals surface area contributed by atoms with E-state index in [2.05, 4.69) is 34.1 Å². The summed E-state index contributed by atoms with van der Waals surface area (Å²) in [6.45, 7) is 0. The minimum atomic E-state index is 0.358. The highest BCUT2D eigenvalue weighted by Crippen LogP contribution is 2.27. The maximum atomic E-state index is 5.90. The van der Waals surface area contributed by atoms with Crippen LogP contribution in [0.25, 0.3) is 0 Å². The van der Waals surface area contributed by atoms with Gasteiger partial charge in [-0.05, 0) is 36.5 Å². The van der Waals surface area contributed by atoms with Gasteiger partial charge in [0, 0.05) is 10.5 Å². The quantitative estimate of drug-likeness (QED) is 0.721. The molecular weight excluding hydrogens is 214 g/mol. The molecule has 0 aromatic heterocycles. The summed E-state index contributed by atoms with van der Waals surface area (Å²) < 4.78 is 1.22. The summed E-state index contributed by atoms with van der Waals surface area (Å²) in [6, 6.07) is 6.75. The van der Waals surface area contributed by atoms with Crippen LogP contribution < -0.4 is 5.73 Å². The van der Waals surface area contributed by atoms with Gasteiger partial charge < -0.3 is 5.73 Å². The topological polar surface area (TPSA) is 26.0 Å². The standard InChI is InChI=1S/C10H12BrN/c11-10-3-1-2-7-4-5-8(12)6-9(7)10/h1-3,8H,4-6,12H2/t8-/m0/s1. The molecule has 0 radical (unpaired) electrons. The Morgan fingerprint density at radius 3 is 3.08 bits per heavy atom. The first-order valence-corrected chi connectivity index (χ1v) is 5.08. The third-order valence-corrected chi connectivity index (χ3v) is 3.21. The molecule has 0 aliphatic heterocycles. The Hall–Kier alpha value is -0.340. The lowest BCUT2D eigenvalue weighted by atomic mass is 9.89. The zero-order valence-electron chi connectivity index (χ0n) is 6.89. The van der Waals surface area contributed by atoms with Crippen LogP contribution >= 0.6 is 15.9 Å². The summed E-state index contributed by atoms with van der Waals surface area (Å²) in [4.78, 5) is 0. The molecule has 1 aromatic carbocycles. The minimum absolute atomic E-state index is 0.358. The van der Waals surface area contributed by atoms with E-state index in [1.165, 1.54) is 15.6 Å². The van der Waals surface area contributed by atoms with Crippen LogP contribution in [0.3, 0.4) is 0 Å². The molecule has 1 atom stereocenters. The van der Waals surface area contributed by atoms with Gasteiger partial charge in [0.2, 0.25) is 0 Å². The fourth-order valence-corrected chi connectivity index (χ4v) is 2.34. The van der Waals surface area contributed by atoms with E-state index in [1.807, 2.05) is 0 Å². The van der Waals surface area contributed by atoms with Crippen LogP contribution in [0.2, 0.25) is 0 Å². The lowest BCUT2D eigenvalue weighted by molar-refractivity contribution is 0.575. The fraction of sp³-hybridized carbons (Fsp3) is 0.400. The SMILES string of the molecule is N[C@H]1CCc2cccc(Br)c2C1. The number of benzene rings is 1. The maximum Gasteiger partial charge on any atom is 0.0210 e. The van der Waals surface area contributed by atoms with Crippen molar-refractivity contribution in [2.75, 3.05) is 0 Å². The monoisotopic (exact) mass is 225 g/mol. The van der Waals surface area contributed by atoms with Crippen LogP contribution in [0.1, 0.15) is 17.5 Å². The smallest absolute Gasteiger partial charge is 0.0210 e. The Morgan fingerprint density at radius 2 is 2.25 bits per heavy atom. The number of rotatable bonds is 0. The molecule has 64 valence electrons. The van der Waals surface area contributed by atoms with Gasteiger partial charge >= 0.3 is 0 Å². The van der Waals surface area contributed by atoms with Gasteiger partial charge in [-0.15, -0.1) is 0 Å². The van der Waals surface area contributed by atoms with Gasteiger partial charge in [-0.3, -0.25) is 0 Å². The second-order valence-corrected chi connectivity index (χ2v) is 4.23. The highest BCUT2D eigenvalue weighted by Gasteiger charge is 2.16. The van der Waals surface area contributed by atoms with Crippen molar-refractivity contribution in [3.8, 4) is 0 Å². The molecule has 0 unspecified atom stereocenters. The second-order valence-electron chi connectivity index (χ2n) is 3.38. The first-order valence-electron chi connectivity index (χ1n) is 4.29. The Labute approximate surface area is 81.1 Å². The Kier molecular flexibility index (Phi) is 2.20. The zero-order chi connectivity index (χ0) is 8.55. The molecule has 1 aliphatic rings. The fourth-order valence-electron chi connectivity index (χ4n) is 1.77. The molecule has 0 saturated heterocycles. The van der Waals surface area contributed by atoms with Gasteiger partial charge in [-0.1, -0.05) is 28.1 Å². The van der Waals surface area contributed by atoms with Crippen LogP contribution in [0.4, 0.5) is 0 Å². The number of hydrogen-bond donors (Lipinski definition) is 1. The summed E-state index contributed by atoms with van der Waals surface area (Å²) in [6.07, 6.45) is 3.29. The maximum absolute atomic E-state index is 5.90. The molecule has 2 N–H and O–H groups in total. The third-order valence-electron chi connectivity index (χ3n) is 2.47. The molecule has 2 rings (SSSR count). The molecule has 12 heavy (non-hydrogen) atoms. The number of fused-ring (bicyclic) bond motifs is 1. The van der Waals surface area contributed by atoms with Gasteiger partial charge in [-0.25, -0.2) is 0 Å². The van der Waals surface area contributed by atoms with Crippen molar-refractivity contribution in [1.29, 1.82) is 0 Å². The summed E-state index contributed by atoms with van der Waals surface area (Å²) in [5.41, 5.74) is 8.77. The predicted octanol–water partition coefficient (Wildman–Crippen LogP) is 2.27. The molecule has 0 spiro atoms. The average molecular weight is 226 g/mol. The Bertz CT molecular complexity index is 296. The van der Waals surface area contributed by atoms with Crippen LogP contribution in [-0.2, 0) is 12.8 Å². The van der Waals surface area contributed by atoms with E-state index >= 15 is 0 Å².